The van der Waals surface area contributed by atoms with Gasteiger partial charge in [-0.25, -0.2) is 4.79 Å². The summed E-state index contributed by atoms with van der Waals surface area (Å²) in [6, 6.07) is 9.50. The van der Waals surface area contributed by atoms with E-state index in [4.69, 9.17) is 14.2 Å². The number of nitrogens with zero attached hydrogens (tertiary/aromatic N) is 2. The van der Waals surface area contributed by atoms with Gasteiger partial charge in [-0.2, -0.15) is 0 Å². The minimum absolute atomic E-state index is 0.0727. The molecule has 0 aromatic heterocycles. The van der Waals surface area contributed by atoms with Crippen LogP contribution in [0.5, 0.6) is 0 Å². The number of ether oxygens (including phenoxy) is 3. The molecule has 0 aliphatic carbocycles. The van der Waals surface area contributed by atoms with Gasteiger partial charge >= 0.3 is 6.09 Å². The van der Waals surface area contributed by atoms with Crippen molar-refractivity contribution in [3.05, 3.63) is 59.2 Å². The SMILES string of the molecule is COCN1C(=O)C(C)=CC1O.COCN1C(=O)C(C)=CC1OC(=O)NCc1ccccc1. The molecule has 0 spiro atoms. The maximum Gasteiger partial charge on any atom is 0.409 e. The van der Waals surface area contributed by atoms with Gasteiger partial charge in [0.15, 0.2) is 6.23 Å². The van der Waals surface area contributed by atoms with Crippen LogP contribution < -0.4 is 5.32 Å². The van der Waals surface area contributed by atoms with Crippen molar-refractivity contribution in [1.82, 2.24) is 15.1 Å². The maximum absolute atomic E-state index is 11.8. The summed E-state index contributed by atoms with van der Waals surface area (Å²) in [5, 5.41) is 11.9. The predicted octanol–water partition coefficient (Wildman–Crippen LogP) is 1.33. The van der Waals surface area contributed by atoms with Gasteiger partial charge in [-0.3, -0.25) is 19.4 Å². The first-order valence-corrected chi connectivity index (χ1v) is 9.91. The average molecular weight is 447 g/mol. The summed E-state index contributed by atoms with van der Waals surface area (Å²) in [4.78, 5) is 37.3. The topological polar surface area (TPSA) is 118 Å². The van der Waals surface area contributed by atoms with Crippen molar-refractivity contribution in [3.8, 4) is 0 Å². The van der Waals surface area contributed by atoms with Crippen LogP contribution in [0.2, 0.25) is 0 Å². The number of carbonyl (C=O) groups excluding carboxylic acids is 3. The minimum Gasteiger partial charge on any atom is -0.421 e. The summed E-state index contributed by atoms with van der Waals surface area (Å²) in [5.74, 6) is -0.364. The lowest BCUT2D eigenvalue weighted by atomic mass is 10.2. The van der Waals surface area contributed by atoms with Crippen LogP contribution in [0.3, 0.4) is 0 Å². The lowest BCUT2D eigenvalue weighted by Gasteiger charge is -2.23. The summed E-state index contributed by atoms with van der Waals surface area (Å²) < 4.78 is 14.9. The van der Waals surface area contributed by atoms with E-state index in [0.29, 0.717) is 17.7 Å². The molecular weight excluding hydrogens is 418 g/mol. The van der Waals surface area contributed by atoms with Crippen LogP contribution in [0.1, 0.15) is 19.4 Å². The molecule has 10 heteroatoms. The number of benzene rings is 1. The highest BCUT2D eigenvalue weighted by molar-refractivity contribution is 5.96. The van der Waals surface area contributed by atoms with Crippen molar-refractivity contribution in [2.24, 2.45) is 0 Å². The zero-order chi connectivity index (χ0) is 23.7. The van der Waals surface area contributed by atoms with Gasteiger partial charge < -0.3 is 24.6 Å². The number of rotatable bonds is 7. The number of methoxy groups -OCH3 is 2. The second-order valence-corrected chi connectivity index (χ2v) is 7.13. The van der Waals surface area contributed by atoms with Crippen LogP contribution in [-0.4, -0.2) is 73.0 Å². The van der Waals surface area contributed by atoms with Crippen LogP contribution in [0, 0.1) is 0 Å². The van der Waals surface area contributed by atoms with Crippen LogP contribution in [-0.2, 0) is 30.3 Å². The third kappa shape index (κ3) is 6.64. The summed E-state index contributed by atoms with van der Waals surface area (Å²) in [5.41, 5.74) is 2.07. The fourth-order valence-electron chi connectivity index (χ4n) is 3.01. The Labute approximate surface area is 187 Å². The molecule has 0 fully saturated rings. The summed E-state index contributed by atoms with van der Waals surface area (Å²) in [6.07, 6.45) is 0.976. The van der Waals surface area contributed by atoms with Gasteiger partial charge in [-0.05, 0) is 31.6 Å². The molecule has 10 nitrogen and oxygen atoms in total. The molecule has 0 radical (unpaired) electrons. The normalized spacial score (nSPS) is 19.9. The second kappa shape index (κ2) is 12.0. The van der Waals surface area contributed by atoms with Crippen LogP contribution in [0.4, 0.5) is 4.79 Å². The zero-order valence-corrected chi connectivity index (χ0v) is 18.6. The Hall–Kier alpha value is -3.21. The Kier molecular flexibility index (Phi) is 9.39. The molecule has 2 aliphatic rings. The molecule has 1 aromatic carbocycles. The summed E-state index contributed by atoms with van der Waals surface area (Å²) >= 11 is 0. The van der Waals surface area contributed by atoms with Gasteiger partial charge in [0.05, 0.1) is 0 Å². The van der Waals surface area contributed by atoms with Crippen molar-refractivity contribution in [2.45, 2.75) is 32.8 Å². The maximum atomic E-state index is 11.8. The van der Waals surface area contributed by atoms with E-state index in [-0.39, 0.29) is 25.3 Å². The van der Waals surface area contributed by atoms with E-state index in [1.807, 2.05) is 30.3 Å². The number of alkyl carbamates (subject to hydrolysis) is 1. The molecular formula is C22H29N3O7. The van der Waals surface area contributed by atoms with Crippen molar-refractivity contribution in [3.63, 3.8) is 0 Å². The minimum atomic E-state index is -0.817. The van der Waals surface area contributed by atoms with E-state index >= 15 is 0 Å². The Morgan fingerprint density at radius 3 is 2.09 bits per heavy atom. The highest BCUT2D eigenvalue weighted by atomic mass is 16.6. The lowest BCUT2D eigenvalue weighted by Crippen LogP contribution is -2.40. The standard InChI is InChI=1S/C15H18N2O4.C7H11NO3/c1-11-8-13(17(10-20-2)14(11)18)21-15(19)16-9-12-6-4-3-5-7-12;1-5-3-6(9)8(4-11-2)7(5)10/h3-8,13H,9-10H2,1-2H3,(H,16,19);3,6,9H,4H2,1-2H3. The Morgan fingerprint density at radius 2 is 1.53 bits per heavy atom. The van der Waals surface area contributed by atoms with Crippen molar-refractivity contribution >= 4 is 17.9 Å². The average Bonchev–Trinajstić information content (AvgIpc) is 3.17. The van der Waals surface area contributed by atoms with E-state index in [2.05, 4.69) is 5.32 Å². The number of aliphatic hydroxyl groups excluding tert-OH is 1. The van der Waals surface area contributed by atoms with E-state index in [0.717, 1.165) is 5.56 Å². The Morgan fingerprint density at radius 1 is 0.969 bits per heavy atom. The molecule has 2 atom stereocenters. The first-order chi connectivity index (χ1) is 15.3. The molecule has 2 aliphatic heterocycles. The summed E-state index contributed by atoms with van der Waals surface area (Å²) in [6.45, 7) is 3.92. The van der Waals surface area contributed by atoms with Gasteiger partial charge in [0.2, 0.25) is 6.23 Å². The molecule has 1 aromatic rings. The van der Waals surface area contributed by atoms with Gasteiger partial charge in [-0.15, -0.1) is 0 Å². The second-order valence-electron chi connectivity index (χ2n) is 7.13. The Balaban J connectivity index is 0.000000278. The molecule has 3 amide bonds. The van der Waals surface area contributed by atoms with Crippen molar-refractivity contribution < 1.29 is 33.7 Å². The smallest absolute Gasteiger partial charge is 0.409 e. The largest absolute Gasteiger partial charge is 0.421 e. The number of aliphatic hydroxyl groups is 1. The molecule has 174 valence electrons. The lowest BCUT2D eigenvalue weighted by molar-refractivity contribution is -0.139. The first kappa shape index (κ1) is 25.1. The third-order valence-corrected chi connectivity index (χ3v) is 4.66. The predicted molar refractivity (Wildman–Crippen MR) is 115 cm³/mol. The molecule has 0 bridgehead atoms. The van der Waals surface area contributed by atoms with Crippen LogP contribution in [0.15, 0.2) is 53.6 Å². The monoisotopic (exact) mass is 447 g/mol. The number of hydrogen-bond acceptors (Lipinski definition) is 7. The Bertz CT molecular complexity index is 870. The molecule has 0 saturated carbocycles. The number of amides is 3. The molecule has 2 heterocycles. The molecule has 3 rings (SSSR count). The number of nitrogens with one attached hydrogen (secondary N) is 1. The highest BCUT2D eigenvalue weighted by Crippen LogP contribution is 2.18. The van der Waals surface area contributed by atoms with Crippen LogP contribution >= 0.6 is 0 Å². The number of hydrogen-bond donors (Lipinski definition) is 2. The van der Waals surface area contributed by atoms with E-state index in [1.54, 1.807) is 19.9 Å². The molecule has 2 N–H and O–H groups in total. The van der Waals surface area contributed by atoms with Gasteiger partial charge in [0.25, 0.3) is 11.8 Å². The van der Waals surface area contributed by atoms with Gasteiger partial charge in [-0.1, -0.05) is 30.3 Å². The van der Waals surface area contributed by atoms with Crippen molar-refractivity contribution in [1.29, 1.82) is 0 Å². The molecule has 32 heavy (non-hydrogen) atoms. The van der Waals surface area contributed by atoms with Gasteiger partial charge in [0, 0.05) is 31.9 Å². The first-order valence-electron chi connectivity index (χ1n) is 9.91. The van der Waals surface area contributed by atoms with Gasteiger partial charge in [0.1, 0.15) is 13.5 Å². The molecule has 2 unspecified atom stereocenters. The van der Waals surface area contributed by atoms with Crippen LogP contribution in [0.25, 0.3) is 0 Å². The number of carbonyl (C=O) groups is 3. The quantitative estimate of drug-likeness (QED) is 0.647. The third-order valence-electron chi connectivity index (χ3n) is 4.66. The molecule has 0 saturated heterocycles. The van der Waals surface area contributed by atoms with E-state index in [1.165, 1.54) is 30.1 Å². The summed E-state index contributed by atoms with van der Waals surface area (Å²) in [7, 11) is 2.96. The zero-order valence-electron chi connectivity index (χ0n) is 18.6. The fraction of sp³-hybridized carbons (Fsp3) is 0.409. The van der Waals surface area contributed by atoms with E-state index < -0.39 is 18.5 Å². The van der Waals surface area contributed by atoms with E-state index in [9.17, 15) is 19.5 Å². The fourth-order valence-corrected chi connectivity index (χ4v) is 3.01. The van der Waals surface area contributed by atoms with Crippen molar-refractivity contribution in [2.75, 3.05) is 27.7 Å². The highest BCUT2D eigenvalue weighted by Gasteiger charge is 2.32.